The van der Waals surface area contributed by atoms with Crippen molar-refractivity contribution in [1.29, 1.82) is 0 Å². The number of nitrogens with zero attached hydrogens (tertiary/aromatic N) is 1. The molecule has 28 heavy (non-hydrogen) atoms. The van der Waals surface area contributed by atoms with Crippen molar-refractivity contribution in [2.45, 2.75) is 25.5 Å². The van der Waals surface area contributed by atoms with Crippen LogP contribution in [0.3, 0.4) is 0 Å². The molecule has 8 heteroatoms. The van der Waals surface area contributed by atoms with Crippen LogP contribution in [0, 0.1) is 5.82 Å². The van der Waals surface area contributed by atoms with E-state index < -0.39 is 6.61 Å². The summed E-state index contributed by atoms with van der Waals surface area (Å²) in [4.78, 5) is 14.5. The van der Waals surface area contributed by atoms with Crippen LogP contribution in [0.25, 0.3) is 0 Å². The minimum Gasteiger partial charge on any atom is -0.435 e. The smallest absolute Gasteiger partial charge is 0.387 e. The summed E-state index contributed by atoms with van der Waals surface area (Å²) in [5.74, 6) is -0.247. The number of ether oxygens (including phenoxy) is 1. The number of hydrogen-bond acceptors (Lipinski definition) is 3. The molecule has 1 amide bonds. The summed E-state index contributed by atoms with van der Waals surface area (Å²) in [5.41, 5.74) is 1.63. The molecule has 0 radical (unpaired) electrons. The first-order chi connectivity index (χ1) is 13.0. The van der Waals surface area contributed by atoms with E-state index in [1.165, 1.54) is 24.3 Å². The summed E-state index contributed by atoms with van der Waals surface area (Å²) in [6, 6.07) is 12.4. The molecule has 152 valence electrons. The van der Waals surface area contributed by atoms with Gasteiger partial charge in [-0.25, -0.2) is 4.39 Å². The zero-order valence-corrected chi connectivity index (χ0v) is 15.9. The number of piperazine rings is 1. The number of amides is 1. The molecule has 1 fully saturated rings. The van der Waals surface area contributed by atoms with Crippen molar-refractivity contribution in [3.63, 3.8) is 0 Å². The van der Waals surface area contributed by atoms with Crippen LogP contribution in [0.15, 0.2) is 48.5 Å². The highest BCUT2D eigenvalue weighted by atomic mass is 35.5. The molecular weight excluding hydrogens is 393 g/mol. The van der Waals surface area contributed by atoms with Crippen molar-refractivity contribution >= 4 is 18.3 Å². The molecule has 1 N–H and O–H groups in total. The Labute approximate surface area is 168 Å². The highest BCUT2D eigenvalue weighted by Crippen LogP contribution is 2.24. The van der Waals surface area contributed by atoms with Crippen LogP contribution in [0.4, 0.5) is 13.2 Å². The molecule has 0 spiro atoms. The first-order valence-electron chi connectivity index (χ1n) is 8.82. The monoisotopic (exact) mass is 414 g/mol. The second kappa shape index (κ2) is 10.3. The second-order valence-corrected chi connectivity index (χ2v) is 6.38. The van der Waals surface area contributed by atoms with E-state index in [4.69, 9.17) is 0 Å². The maximum Gasteiger partial charge on any atom is 0.387 e. The predicted molar refractivity (Wildman–Crippen MR) is 102 cm³/mol. The maximum atomic E-state index is 13.6. The summed E-state index contributed by atoms with van der Waals surface area (Å²) >= 11 is 0. The Bertz CT molecular complexity index is 774. The van der Waals surface area contributed by atoms with Gasteiger partial charge in [-0.15, -0.1) is 12.4 Å². The van der Waals surface area contributed by atoms with Crippen molar-refractivity contribution < 1.29 is 22.7 Å². The van der Waals surface area contributed by atoms with Gasteiger partial charge in [-0.2, -0.15) is 8.78 Å². The van der Waals surface area contributed by atoms with Crippen molar-refractivity contribution in [2.75, 3.05) is 19.6 Å². The van der Waals surface area contributed by atoms with Crippen LogP contribution in [-0.2, 0) is 11.2 Å². The minimum absolute atomic E-state index is 0. The quantitative estimate of drug-likeness (QED) is 0.778. The van der Waals surface area contributed by atoms with E-state index in [1.54, 1.807) is 23.1 Å². The van der Waals surface area contributed by atoms with Crippen LogP contribution >= 0.6 is 12.4 Å². The molecule has 0 aliphatic carbocycles. The minimum atomic E-state index is -2.86. The number of halogens is 4. The van der Waals surface area contributed by atoms with E-state index in [0.29, 0.717) is 32.5 Å². The molecule has 1 unspecified atom stereocenters. The maximum absolute atomic E-state index is 13.6. The standard InChI is InChI=1S/C20H21F3N2O2.ClH/c21-16-3-1-2-15(12-16)18-13-24-10-11-25(18)19(26)9-6-14-4-7-17(8-5-14)27-20(22)23;/h1-5,7-8,12,18,20,24H,6,9-11,13H2;1H. The highest BCUT2D eigenvalue weighted by Gasteiger charge is 2.27. The molecule has 1 saturated heterocycles. The molecule has 1 heterocycles. The fourth-order valence-corrected chi connectivity index (χ4v) is 3.25. The second-order valence-electron chi connectivity index (χ2n) is 6.38. The van der Waals surface area contributed by atoms with Crippen LogP contribution in [0.1, 0.15) is 23.6 Å². The summed E-state index contributed by atoms with van der Waals surface area (Å²) in [6.07, 6.45) is 0.786. The van der Waals surface area contributed by atoms with Gasteiger partial charge in [0.25, 0.3) is 0 Å². The first kappa shape index (κ1) is 22.0. The van der Waals surface area contributed by atoms with Gasteiger partial charge in [0, 0.05) is 26.1 Å². The van der Waals surface area contributed by atoms with Crippen molar-refractivity contribution in [1.82, 2.24) is 10.2 Å². The van der Waals surface area contributed by atoms with Gasteiger partial charge >= 0.3 is 6.61 Å². The van der Waals surface area contributed by atoms with Gasteiger partial charge < -0.3 is 15.0 Å². The normalized spacial score (nSPS) is 16.6. The first-order valence-corrected chi connectivity index (χ1v) is 8.82. The lowest BCUT2D eigenvalue weighted by molar-refractivity contribution is -0.134. The number of alkyl halides is 2. The molecule has 0 saturated carbocycles. The average Bonchev–Trinajstić information content (AvgIpc) is 2.67. The van der Waals surface area contributed by atoms with Crippen LogP contribution in [0.5, 0.6) is 5.75 Å². The van der Waals surface area contributed by atoms with Crippen molar-refractivity contribution in [3.05, 3.63) is 65.5 Å². The Morgan fingerprint density at radius 1 is 1.21 bits per heavy atom. The lowest BCUT2D eigenvalue weighted by atomic mass is 10.0. The highest BCUT2D eigenvalue weighted by molar-refractivity contribution is 5.85. The van der Waals surface area contributed by atoms with Gasteiger partial charge in [-0.05, 0) is 41.8 Å². The molecule has 1 atom stereocenters. The van der Waals surface area contributed by atoms with Gasteiger partial charge in [-0.1, -0.05) is 24.3 Å². The third-order valence-electron chi connectivity index (χ3n) is 4.57. The molecule has 1 aliphatic rings. The van der Waals surface area contributed by atoms with E-state index in [0.717, 1.165) is 11.1 Å². The van der Waals surface area contributed by atoms with Gasteiger partial charge in [0.2, 0.25) is 5.91 Å². The molecule has 3 rings (SSSR count). The van der Waals surface area contributed by atoms with Crippen LogP contribution < -0.4 is 10.1 Å². The molecule has 0 bridgehead atoms. The van der Waals surface area contributed by atoms with Gasteiger partial charge in [-0.3, -0.25) is 4.79 Å². The van der Waals surface area contributed by atoms with Crippen LogP contribution in [-0.4, -0.2) is 37.1 Å². The predicted octanol–water partition coefficient (Wildman–Crippen LogP) is 3.95. The van der Waals surface area contributed by atoms with Gasteiger partial charge in [0.1, 0.15) is 11.6 Å². The lowest BCUT2D eigenvalue weighted by Crippen LogP contribution is -2.48. The summed E-state index contributed by atoms with van der Waals surface area (Å²) in [7, 11) is 0. The van der Waals surface area contributed by atoms with E-state index >= 15 is 0 Å². The van der Waals surface area contributed by atoms with Gasteiger partial charge in [0.15, 0.2) is 0 Å². The number of carbonyl (C=O) groups is 1. The SMILES string of the molecule is Cl.O=C(CCc1ccc(OC(F)F)cc1)N1CCNCC1c1cccc(F)c1. The zero-order valence-electron chi connectivity index (χ0n) is 15.1. The summed E-state index contributed by atoms with van der Waals surface area (Å²) in [5, 5.41) is 3.24. The molecule has 0 aromatic heterocycles. The van der Waals surface area contributed by atoms with Gasteiger partial charge in [0.05, 0.1) is 6.04 Å². The lowest BCUT2D eigenvalue weighted by Gasteiger charge is -2.36. The zero-order chi connectivity index (χ0) is 19.2. The van der Waals surface area contributed by atoms with Crippen molar-refractivity contribution in [2.24, 2.45) is 0 Å². The topological polar surface area (TPSA) is 41.6 Å². The summed E-state index contributed by atoms with van der Waals surface area (Å²) in [6.45, 7) is -1.03. The van der Waals surface area contributed by atoms with E-state index in [1.807, 2.05) is 6.07 Å². The fraction of sp³-hybridized carbons (Fsp3) is 0.350. The molecular formula is C20H22ClF3N2O2. The molecule has 4 nitrogen and oxygen atoms in total. The van der Waals surface area contributed by atoms with E-state index in [2.05, 4.69) is 10.1 Å². The van der Waals surface area contributed by atoms with E-state index in [-0.39, 0.29) is 35.9 Å². The number of nitrogens with one attached hydrogen (secondary N) is 1. The number of benzene rings is 2. The molecule has 1 aliphatic heterocycles. The Morgan fingerprint density at radius 2 is 1.96 bits per heavy atom. The number of carbonyl (C=O) groups excluding carboxylic acids is 1. The Balaban J connectivity index is 0.00000280. The van der Waals surface area contributed by atoms with Crippen molar-refractivity contribution in [3.8, 4) is 5.75 Å². The molecule has 2 aromatic carbocycles. The Hall–Kier alpha value is -2.25. The Kier molecular flexibility index (Phi) is 8.14. The van der Waals surface area contributed by atoms with Crippen LogP contribution in [0.2, 0.25) is 0 Å². The third-order valence-corrected chi connectivity index (χ3v) is 4.57. The fourth-order valence-electron chi connectivity index (χ4n) is 3.25. The van der Waals surface area contributed by atoms with E-state index in [9.17, 15) is 18.0 Å². The number of aryl methyl sites for hydroxylation is 1. The Morgan fingerprint density at radius 3 is 2.64 bits per heavy atom. The number of rotatable bonds is 6. The average molecular weight is 415 g/mol. The molecule has 2 aromatic rings. The summed E-state index contributed by atoms with van der Waals surface area (Å²) < 4.78 is 42.2. The largest absolute Gasteiger partial charge is 0.435 e. The number of hydrogen-bond donors (Lipinski definition) is 1. The third kappa shape index (κ3) is 5.87.